The number of carbonyl (C=O) groups is 1. The largest absolute Gasteiger partial charge is 0.497 e. The zero-order valence-electron chi connectivity index (χ0n) is 15.1. The van der Waals surface area contributed by atoms with Crippen LogP contribution < -0.4 is 10.1 Å². The Morgan fingerprint density at radius 3 is 2.46 bits per heavy atom. The van der Waals surface area contributed by atoms with Gasteiger partial charge in [-0.3, -0.25) is 4.79 Å². The molecule has 26 heavy (non-hydrogen) atoms. The maximum absolute atomic E-state index is 12.6. The van der Waals surface area contributed by atoms with Crippen LogP contribution in [-0.2, 0) is 6.54 Å². The summed E-state index contributed by atoms with van der Waals surface area (Å²) in [6, 6.07) is 15.4. The van der Waals surface area contributed by atoms with Crippen LogP contribution in [0.2, 0.25) is 0 Å². The molecular weight excluding hydrogens is 326 g/mol. The molecule has 0 spiro atoms. The number of rotatable bonds is 7. The fraction of sp³-hybridized carbons (Fsp3) is 0.238. The lowest BCUT2D eigenvalue weighted by molar-refractivity contribution is 0.0935. The minimum absolute atomic E-state index is 0.0287. The highest BCUT2D eigenvalue weighted by molar-refractivity contribution is 5.94. The Morgan fingerprint density at radius 1 is 1.15 bits per heavy atom. The van der Waals surface area contributed by atoms with Gasteiger partial charge in [-0.1, -0.05) is 31.2 Å². The van der Waals surface area contributed by atoms with Crippen molar-refractivity contribution in [3.05, 3.63) is 83.9 Å². The molecule has 1 amide bonds. The van der Waals surface area contributed by atoms with Crippen LogP contribution in [-0.4, -0.2) is 22.6 Å². The van der Waals surface area contributed by atoms with E-state index in [4.69, 9.17) is 4.74 Å². The van der Waals surface area contributed by atoms with Gasteiger partial charge in [-0.2, -0.15) is 0 Å². The summed E-state index contributed by atoms with van der Waals surface area (Å²) < 4.78 is 7.18. The van der Waals surface area contributed by atoms with Crippen LogP contribution in [0.25, 0.3) is 0 Å². The number of carbonyl (C=O) groups excluding carboxylic acids is 1. The first-order valence-electron chi connectivity index (χ1n) is 8.69. The number of amides is 1. The van der Waals surface area contributed by atoms with Gasteiger partial charge in [0.2, 0.25) is 0 Å². The number of hydrogen-bond donors (Lipinski definition) is 1. The van der Waals surface area contributed by atoms with E-state index in [1.807, 2.05) is 59.3 Å². The Hall–Kier alpha value is -3.08. The summed E-state index contributed by atoms with van der Waals surface area (Å²) in [5, 5.41) is 3.11. The smallest absolute Gasteiger partial charge is 0.251 e. The number of benzene rings is 2. The monoisotopic (exact) mass is 349 g/mol. The van der Waals surface area contributed by atoms with Gasteiger partial charge in [-0.05, 0) is 41.8 Å². The molecule has 0 aliphatic heterocycles. The van der Waals surface area contributed by atoms with E-state index in [1.165, 1.54) is 0 Å². The number of ether oxygens (including phenoxy) is 1. The SMILES string of the molecule is CC[C@H](NC(=O)c1ccc(Cn2ccnc2)cc1)c1ccc(OC)cc1. The molecule has 5 nitrogen and oxygen atoms in total. The minimum Gasteiger partial charge on any atom is -0.497 e. The van der Waals surface area contributed by atoms with Crippen molar-refractivity contribution >= 4 is 5.91 Å². The molecule has 0 unspecified atom stereocenters. The molecule has 3 rings (SSSR count). The van der Waals surface area contributed by atoms with Crippen LogP contribution >= 0.6 is 0 Å². The highest BCUT2D eigenvalue weighted by Crippen LogP contribution is 2.20. The average molecular weight is 349 g/mol. The first-order valence-corrected chi connectivity index (χ1v) is 8.69. The van der Waals surface area contributed by atoms with Crippen LogP contribution in [0.3, 0.4) is 0 Å². The van der Waals surface area contributed by atoms with Crippen molar-refractivity contribution in [3.63, 3.8) is 0 Å². The van der Waals surface area contributed by atoms with E-state index in [9.17, 15) is 4.79 Å². The fourth-order valence-electron chi connectivity index (χ4n) is 2.85. The predicted molar refractivity (Wildman–Crippen MR) is 101 cm³/mol. The Labute approximate surface area is 153 Å². The molecule has 0 saturated heterocycles. The molecule has 1 aromatic heterocycles. The van der Waals surface area contributed by atoms with Crippen molar-refractivity contribution in [1.82, 2.24) is 14.9 Å². The van der Waals surface area contributed by atoms with Gasteiger partial charge in [0.15, 0.2) is 0 Å². The first kappa shape index (κ1) is 17.7. The van der Waals surface area contributed by atoms with Crippen molar-refractivity contribution < 1.29 is 9.53 Å². The second kappa shape index (κ2) is 8.34. The molecule has 2 aromatic carbocycles. The fourth-order valence-corrected chi connectivity index (χ4v) is 2.85. The van der Waals surface area contributed by atoms with E-state index < -0.39 is 0 Å². The molecule has 0 radical (unpaired) electrons. The van der Waals surface area contributed by atoms with Crippen molar-refractivity contribution in [2.75, 3.05) is 7.11 Å². The molecule has 0 saturated carbocycles. The standard InChI is InChI=1S/C21H23N3O2/c1-3-20(17-8-10-19(26-2)11-9-17)23-21(25)18-6-4-16(5-7-18)14-24-13-12-22-15-24/h4-13,15,20H,3,14H2,1-2H3,(H,23,25)/t20-/m0/s1. The Morgan fingerprint density at radius 2 is 1.88 bits per heavy atom. The maximum Gasteiger partial charge on any atom is 0.251 e. The highest BCUT2D eigenvalue weighted by Gasteiger charge is 2.14. The molecule has 134 valence electrons. The number of imidazole rings is 1. The molecule has 3 aromatic rings. The highest BCUT2D eigenvalue weighted by atomic mass is 16.5. The zero-order chi connectivity index (χ0) is 18.4. The summed E-state index contributed by atoms with van der Waals surface area (Å²) in [5.41, 5.74) is 2.85. The third-order valence-corrected chi connectivity index (χ3v) is 4.37. The van der Waals surface area contributed by atoms with Crippen LogP contribution in [0.1, 0.15) is 40.9 Å². The molecule has 1 heterocycles. The number of nitrogens with zero attached hydrogens (tertiary/aromatic N) is 2. The molecular formula is C21H23N3O2. The van der Waals surface area contributed by atoms with Gasteiger partial charge in [0, 0.05) is 24.5 Å². The number of hydrogen-bond acceptors (Lipinski definition) is 3. The van der Waals surface area contributed by atoms with E-state index >= 15 is 0 Å². The normalized spacial score (nSPS) is 11.8. The second-order valence-corrected chi connectivity index (χ2v) is 6.14. The number of methoxy groups -OCH3 is 1. The summed E-state index contributed by atoms with van der Waals surface area (Å²) in [4.78, 5) is 16.6. The number of aromatic nitrogens is 2. The molecule has 0 bridgehead atoms. The van der Waals surface area contributed by atoms with E-state index in [-0.39, 0.29) is 11.9 Å². The van der Waals surface area contributed by atoms with Gasteiger partial charge in [-0.15, -0.1) is 0 Å². The van der Waals surface area contributed by atoms with Crippen LogP contribution in [0.5, 0.6) is 5.75 Å². The number of nitrogens with one attached hydrogen (secondary N) is 1. The summed E-state index contributed by atoms with van der Waals surface area (Å²) in [6.45, 7) is 2.80. The van der Waals surface area contributed by atoms with Gasteiger partial charge in [0.05, 0.1) is 19.5 Å². The van der Waals surface area contributed by atoms with E-state index in [1.54, 1.807) is 19.6 Å². The van der Waals surface area contributed by atoms with Gasteiger partial charge >= 0.3 is 0 Å². The van der Waals surface area contributed by atoms with Crippen molar-refractivity contribution in [3.8, 4) is 5.75 Å². The summed E-state index contributed by atoms with van der Waals surface area (Å²) in [5.74, 6) is 0.741. The molecule has 1 atom stereocenters. The van der Waals surface area contributed by atoms with Crippen molar-refractivity contribution in [1.29, 1.82) is 0 Å². The van der Waals surface area contributed by atoms with E-state index in [0.717, 1.165) is 29.8 Å². The molecule has 5 heteroatoms. The molecule has 0 aliphatic carbocycles. The topological polar surface area (TPSA) is 56.2 Å². The Kier molecular flexibility index (Phi) is 5.69. The first-order chi connectivity index (χ1) is 12.7. The van der Waals surface area contributed by atoms with E-state index in [2.05, 4.69) is 17.2 Å². The van der Waals surface area contributed by atoms with Gasteiger partial charge in [-0.25, -0.2) is 4.98 Å². The average Bonchev–Trinajstić information content (AvgIpc) is 3.19. The summed E-state index contributed by atoms with van der Waals surface area (Å²) >= 11 is 0. The minimum atomic E-state index is -0.0677. The lowest BCUT2D eigenvalue weighted by Gasteiger charge is -2.18. The lowest BCUT2D eigenvalue weighted by atomic mass is 10.0. The van der Waals surface area contributed by atoms with Gasteiger partial charge in [0.25, 0.3) is 5.91 Å². The Bertz CT molecular complexity index is 825. The summed E-state index contributed by atoms with van der Waals surface area (Å²) in [7, 11) is 1.64. The lowest BCUT2D eigenvalue weighted by Crippen LogP contribution is -2.28. The zero-order valence-corrected chi connectivity index (χ0v) is 15.1. The van der Waals surface area contributed by atoms with Crippen molar-refractivity contribution in [2.24, 2.45) is 0 Å². The third kappa shape index (κ3) is 4.30. The quantitative estimate of drug-likeness (QED) is 0.705. The van der Waals surface area contributed by atoms with Crippen LogP contribution in [0.15, 0.2) is 67.3 Å². The maximum atomic E-state index is 12.6. The third-order valence-electron chi connectivity index (χ3n) is 4.37. The van der Waals surface area contributed by atoms with Gasteiger partial charge in [0.1, 0.15) is 5.75 Å². The Balaban J connectivity index is 1.65. The second-order valence-electron chi connectivity index (χ2n) is 6.14. The molecule has 0 fully saturated rings. The van der Waals surface area contributed by atoms with Crippen molar-refractivity contribution in [2.45, 2.75) is 25.9 Å². The molecule has 1 N–H and O–H groups in total. The predicted octanol–water partition coefficient (Wildman–Crippen LogP) is 3.82. The molecule has 0 aliphatic rings. The van der Waals surface area contributed by atoms with E-state index in [0.29, 0.717) is 5.56 Å². The van der Waals surface area contributed by atoms with Crippen LogP contribution in [0.4, 0.5) is 0 Å². The van der Waals surface area contributed by atoms with Crippen LogP contribution in [0, 0.1) is 0 Å². The summed E-state index contributed by atoms with van der Waals surface area (Å²) in [6.07, 6.45) is 6.27. The van der Waals surface area contributed by atoms with Gasteiger partial charge < -0.3 is 14.6 Å².